The molecule has 1 saturated heterocycles. The van der Waals surface area contributed by atoms with Crippen molar-refractivity contribution in [3.05, 3.63) is 42.0 Å². The molecule has 1 atom stereocenters. The Kier molecular flexibility index (Phi) is 4.51. The summed E-state index contributed by atoms with van der Waals surface area (Å²) in [4.78, 5) is 2.20. The van der Waals surface area contributed by atoms with E-state index in [1.54, 1.807) is 12.1 Å². The maximum absolute atomic E-state index is 12.9. The average Bonchev–Trinajstić information content (AvgIpc) is 3.15. The van der Waals surface area contributed by atoms with Crippen LogP contribution in [0.1, 0.15) is 30.9 Å². The highest BCUT2D eigenvalue weighted by Crippen LogP contribution is 2.36. The van der Waals surface area contributed by atoms with Crippen LogP contribution in [0, 0.1) is 0 Å². The normalized spacial score (nSPS) is 16.7. The highest BCUT2D eigenvalue weighted by Gasteiger charge is 2.39. The lowest BCUT2D eigenvalue weighted by Crippen LogP contribution is -2.29. The van der Waals surface area contributed by atoms with E-state index in [2.05, 4.69) is 15.2 Å². The highest BCUT2D eigenvalue weighted by atomic mass is 19.4. The molecule has 1 aliphatic heterocycles. The van der Waals surface area contributed by atoms with Gasteiger partial charge in [-0.05, 0) is 64.5 Å². The van der Waals surface area contributed by atoms with E-state index in [9.17, 15) is 18.3 Å². The molecule has 0 bridgehead atoms. The van der Waals surface area contributed by atoms with Gasteiger partial charge in [-0.3, -0.25) is 0 Å². The SMILES string of the molecule is OC(c1cccc(-c2cc(N3CCCCC3)c3nonc3c2)c1)C(F)(F)F. The number of aliphatic hydroxyl groups is 1. The molecule has 1 aliphatic rings. The molecule has 0 saturated carbocycles. The summed E-state index contributed by atoms with van der Waals surface area (Å²) in [7, 11) is 0. The van der Waals surface area contributed by atoms with Crippen molar-refractivity contribution in [1.29, 1.82) is 0 Å². The lowest BCUT2D eigenvalue weighted by Gasteiger charge is -2.29. The number of hydrogen-bond donors (Lipinski definition) is 1. The summed E-state index contributed by atoms with van der Waals surface area (Å²) in [6, 6.07) is 9.47. The quantitative estimate of drug-likeness (QED) is 0.729. The van der Waals surface area contributed by atoms with Crippen LogP contribution >= 0.6 is 0 Å². The fraction of sp³-hybridized carbons (Fsp3) is 0.368. The van der Waals surface area contributed by atoms with Crippen molar-refractivity contribution in [3.8, 4) is 11.1 Å². The number of halogens is 3. The number of nitrogens with zero attached hydrogens (tertiary/aromatic N) is 3. The summed E-state index contributed by atoms with van der Waals surface area (Å²) in [5, 5.41) is 17.5. The molecule has 27 heavy (non-hydrogen) atoms. The number of hydrogen-bond acceptors (Lipinski definition) is 5. The van der Waals surface area contributed by atoms with Crippen molar-refractivity contribution < 1.29 is 22.9 Å². The Morgan fingerprint density at radius 1 is 1.00 bits per heavy atom. The van der Waals surface area contributed by atoms with Crippen molar-refractivity contribution in [3.63, 3.8) is 0 Å². The van der Waals surface area contributed by atoms with Crippen LogP contribution in [0.25, 0.3) is 22.2 Å². The average molecular weight is 377 g/mol. The molecule has 3 aromatic rings. The number of fused-ring (bicyclic) bond motifs is 1. The topological polar surface area (TPSA) is 62.4 Å². The first-order valence-electron chi connectivity index (χ1n) is 8.80. The van der Waals surface area contributed by atoms with E-state index in [0.717, 1.165) is 31.6 Å². The monoisotopic (exact) mass is 377 g/mol. The van der Waals surface area contributed by atoms with Gasteiger partial charge in [0.25, 0.3) is 0 Å². The van der Waals surface area contributed by atoms with E-state index >= 15 is 0 Å². The summed E-state index contributed by atoms with van der Waals surface area (Å²) in [6.45, 7) is 1.77. The fourth-order valence-corrected chi connectivity index (χ4v) is 3.49. The number of rotatable bonds is 3. The number of piperidine rings is 1. The van der Waals surface area contributed by atoms with Gasteiger partial charge in [-0.2, -0.15) is 13.2 Å². The lowest BCUT2D eigenvalue weighted by molar-refractivity contribution is -0.206. The molecule has 142 valence electrons. The number of anilines is 1. The smallest absolute Gasteiger partial charge is 0.379 e. The minimum Gasteiger partial charge on any atom is -0.379 e. The van der Waals surface area contributed by atoms with Crippen LogP contribution in [0.2, 0.25) is 0 Å². The largest absolute Gasteiger partial charge is 0.418 e. The summed E-state index contributed by atoms with van der Waals surface area (Å²) < 4.78 is 43.4. The van der Waals surface area contributed by atoms with Crippen LogP contribution in [0.5, 0.6) is 0 Å². The third kappa shape index (κ3) is 3.49. The molecule has 1 fully saturated rings. The maximum atomic E-state index is 12.9. The Labute approximate surface area is 153 Å². The van der Waals surface area contributed by atoms with Gasteiger partial charge in [0.15, 0.2) is 11.6 Å². The van der Waals surface area contributed by atoms with Crippen molar-refractivity contribution in [1.82, 2.24) is 10.3 Å². The number of benzene rings is 2. The molecule has 1 N–H and O–H groups in total. The molecule has 1 aromatic heterocycles. The summed E-state index contributed by atoms with van der Waals surface area (Å²) in [5.74, 6) is 0. The molecule has 5 nitrogen and oxygen atoms in total. The molecule has 0 radical (unpaired) electrons. The maximum Gasteiger partial charge on any atom is 0.418 e. The summed E-state index contributed by atoms with van der Waals surface area (Å²) >= 11 is 0. The highest BCUT2D eigenvalue weighted by molar-refractivity contribution is 5.92. The van der Waals surface area contributed by atoms with Gasteiger partial charge < -0.3 is 10.0 Å². The summed E-state index contributed by atoms with van der Waals surface area (Å²) in [6.07, 6.45) is -3.91. The van der Waals surface area contributed by atoms with Crippen LogP contribution in [-0.2, 0) is 0 Å². The first-order valence-corrected chi connectivity index (χ1v) is 8.80. The van der Waals surface area contributed by atoms with Crippen LogP contribution in [-0.4, -0.2) is 34.7 Å². The minimum atomic E-state index is -4.71. The van der Waals surface area contributed by atoms with Crippen LogP contribution < -0.4 is 4.90 Å². The molecule has 8 heteroatoms. The predicted octanol–water partition coefficient (Wildman–Crippen LogP) is 4.48. The second-order valence-corrected chi connectivity index (χ2v) is 6.74. The third-order valence-electron chi connectivity index (χ3n) is 4.88. The van der Waals surface area contributed by atoms with Gasteiger partial charge in [0, 0.05) is 13.1 Å². The number of aromatic nitrogens is 2. The van der Waals surface area contributed by atoms with Crippen molar-refractivity contribution >= 4 is 16.7 Å². The van der Waals surface area contributed by atoms with Gasteiger partial charge in [-0.25, -0.2) is 4.63 Å². The van der Waals surface area contributed by atoms with E-state index in [0.29, 0.717) is 22.2 Å². The third-order valence-corrected chi connectivity index (χ3v) is 4.88. The number of alkyl halides is 3. The Morgan fingerprint density at radius 2 is 1.78 bits per heavy atom. The van der Waals surface area contributed by atoms with E-state index in [4.69, 9.17) is 4.63 Å². The van der Waals surface area contributed by atoms with Crippen LogP contribution in [0.4, 0.5) is 18.9 Å². The van der Waals surface area contributed by atoms with E-state index in [1.165, 1.54) is 24.6 Å². The van der Waals surface area contributed by atoms with Gasteiger partial charge in [0.1, 0.15) is 5.52 Å². The zero-order chi connectivity index (χ0) is 19.0. The van der Waals surface area contributed by atoms with E-state index < -0.39 is 12.3 Å². The first-order chi connectivity index (χ1) is 12.9. The van der Waals surface area contributed by atoms with Gasteiger partial charge in [-0.15, -0.1) is 0 Å². The molecular formula is C19H18F3N3O2. The molecular weight excluding hydrogens is 359 g/mol. The summed E-state index contributed by atoms with van der Waals surface area (Å²) in [5.41, 5.74) is 3.14. The van der Waals surface area contributed by atoms with E-state index in [-0.39, 0.29) is 5.56 Å². The Bertz CT molecular complexity index is 949. The molecule has 4 rings (SSSR count). The first kappa shape index (κ1) is 17.8. The van der Waals surface area contributed by atoms with Gasteiger partial charge in [0.05, 0.1) is 5.69 Å². The standard InChI is InChI=1S/C19H18F3N3O2/c20-19(21,22)18(26)13-6-4-5-12(9-13)14-10-15-17(24-27-23-15)16(11-14)25-7-2-1-3-8-25/h4-6,9-11,18,26H,1-3,7-8H2. The van der Waals surface area contributed by atoms with Gasteiger partial charge >= 0.3 is 6.18 Å². The molecule has 0 amide bonds. The van der Waals surface area contributed by atoms with Crippen LogP contribution in [0.3, 0.4) is 0 Å². The molecule has 2 aromatic carbocycles. The Hall–Kier alpha value is -2.61. The Balaban J connectivity index is 1.78. The zero-order valence-electron chi connectivity index (χ0n) is 14.4. The van der Waals surface area contributed by atoms with Crippen LogP contribution in [0.15, 0.2) is 41.0 Å². The fourth-order valence-electron chi connectivity index (χ4n) is 3.49. The van der Waals surface area contributed by atoms with Crippen molar-refractivity contribution in [2.45, 2.75) is 31.5 Å². The van der Waals surface area contributed by atoms with Crippen molar-refractivity contribution in [2.24, 2.45) is 0 Å². The zero-order valence-corrected chi connectivity index (χ0v) is 14.4. The molecule has 0 aliphatic carbocycles. The Morgan fingerprint density at radius 3 is 2.52 bits per heavy atom. The number of aliphatic hydroxyl groups excluding tert-OH is 1. The predicted molar refractivity (Wildman–Crippen MR) is 94.3 cm³/mol. The van der Waals surface area contributed by atoms with Gasteiger partial charge in [0.2, 0.25) is 0 Å². The molecule has 0 spiro atoms. The second kappa shape index (κ2) is 6.84. The second-order valence-electron chi connectivity index (χ2n) is 6.74. The molecule has 1 unspecified atom stereocenters. The lowest BCUT2D eigenvalue weighted by atomic mass is 9.98. The minimum absolute atomic E-state index is 0.196. The van der Waals surface area contributed by atoms with E-state index in [1.807, 2.05) is 6.07 Å². The van der Waals surface area contributed by atoms with Gasteiger partial charge in [-0.1, -0.05) is 18.2 Å². The molecule has 2 heterocycles. The van der Waals surface area contributed by atoms with Crippen molar-refractivity contribution in [2.75, 3.05) is 18.0 Å².